The first-order valence-electron chi connectivity index (χ1n) is 13.2. The highest BCUT2D eigenvalue weighted by Gasteiger charge is 2.24. The van der Waals surface area contributed by atoms with Crippen molar-refractivity contribution in [3.8, 4) is 28.1 Å². The van der Waals surface area contributed by atoms with Gasteiger partial charge in [0, 0.05) is 48.7 Å². The number of nitrogens with zero attached hydrogens (tertiary/aromatic N) is 5. The monoisotopic (exact) mass is 512 g/mol. The summed E-state index contributed by atoms with van der Waals surface area (Å²) in [5, 5.41) is 12.3. The molecule has 2 atom stereocenters. The zero-order chi connectivity index (χ0) is 26.8. The molecular weight excluding hydrogens is 476 g/mol. The molecule has 1 aliphatic rings. The number of aryl methyl sites for hydroxylation is 3. The number of amides is 1. The van der Waals surface area contributed by atoms with Crippen molar-refractivity contribution in [2.24, 2.45) is 7.05 Å². The number of likely N-dealkylation sites (N-methyl/N-ethyl adjacent to an activating group) is 1. The van der Waals surface area contributed by atoms with Gasteiger partial charge in [-0.25, -0.2) is 0 Å². The number of carbonyl (C=O) groups is 1. The SMILES string of the molecule is CCn1ccc(-c2cc(-c3cnn(C)c3)cc([C@@H](C)NC(=O)c3cc(OC[C@@H]4CCN4C)ccc3C)c2)n1. The van der Waals surface area contributed by atoms with Gasteiger partial charge >= 0.3 is 0 Å². The number of likely N-dealkylation sites (tertiary alicyclic amines) is 1. The molecular formula is C30H36N6O2. The number of carbonyl (C=O) groups excluding carboxylic acids is 1. The Balaban J connectivity index is 1.39. The van der Waals surface area contributed by atoms with Crippen LogP contribution in [0, 0.1) is 6.92 Å². The Kier molecular flexibility index (Phi) is 7.33. The molecule has 0 aliphatic carbocycles. The lowest BCUT2D eigenvalue weighted by Gasteiger charge is -2.37. The van der Waals surface area contributed by atoms with Crippen LogP contribution in [-0.4, -0.2) is 56.6 Å². The number of rotatable bonds is 9. The molecule has 4 aromatic rings. The summed E-state index contributed by atoms with van der Waals surface area (Å²) in [6.45, 7) is 8.58. The van der Waals surface area contributed by atoms with Crippen LogP contribution in [0.15, 0.2) is 61.1 Å². The van der Waals surface area contributed by atoms with Crippen LogP contribution in [0.4, 0.5) is 0 Å². The summed E-state index contributed by atoms with van der Waals surface area (Å²) in [5.74, 6) is 0.603. The minimum Gasteiger partial charge on any atom is -0.492 e. The van der Waals surface area contributed by atoms with Gasteiger partial charge in [-0.1, -0.05) is 6.07 Å². The molecule has 8 nitrogen and oxygen atoms in total. The summed E-state index contributed by atoms with van der Waals surface area (Å²) < 4.78 is 9.73. The lowest BCUT2D eigenvalue weighted by molar-refractivity contribution is 0.0767. The topological polar surface area (TPSA) is 77.2 Å². The van der Waals surface area contributed by atoms with Gasteiger partial charge in [-0.3, -0.25) is 19.1 Å². The molecule has 2 aromatic carbocycles. The van der Waals surface area contributed by atoms with Crippen LogP contribution in [0.25, 0.3) is 22.4 Å². The maximum Gasteiger partial charge on any atom is 0.252 e. The highest BCUT2D eigenvalue weighted by atomic mass is 16.5. The van der Waals surface area contributed by atoms with Gasteiger partial charge in [0.05, 0.1) is 17.9 Å². The minimum absolute atomic E-state index is 0.121. The standard InChI is InChI=1S/C30H36N6O2/c1-6-36-12-10-29(33-36)24-14-22(13-23(15-24)25-17-31-35(5)18-25)21(3)32-30(37)28-16-27(8-7-20(28)2)38-19-26-9-11-34(26)4/h7-8,10,12-18,21,26H,6,9,11,19H2,1-5H3,(H,32,37)/t21-,26+/m1/s1. The van der Waals surface area contributed by atoms with Gasteiger partial charge in [-0.05, 0) is 93.9 Å². The average molecular weight is 513 g/mol. The van der Waals surface area contributed by atoms with Crippen molar-refractivity contribution < 1.29 is 9.53 Å². The van der Waals surface area contributed by atoms with E-state index in [1.165, 1.54) is 0 Å². The molecule has 1 saturated heterocycles. The van der Waals surface area contributed by atoms with Crippen LogP contribution in [0.2, 0.25) is 0 Å². The second-order valence-electron chi connectivity index (χ2n) is 10.2. The minimum atomic E-state index is -0.223. The summed E-state index contributed by atoms with van der Waals surface area (Å²) >= 11 is 0. The quantitative estimate of drug-likeness (QED) is 0.347. The maximum atomic E-state index is 13.4. The van der Waals surface area contributed by atoms with E-state index in [2.05, 4.69) is 47.5 Å². The lowest BCUT2D eigenvalue weighted by atomic mass is 9.96. The third kappa shape index (κ3) is 5.50. The van der Waals surface area contributed by atoms with Gasteiger partial charge < -0.3 is 10.1 Å². The molecule has 0 spiro atoms. The molecule has 3 heterocycles. The van der Waals surface area contributed by atoms with Crippen LogP contribution in [0.1, 0.15) is 47.8 Å². The fourth-order valence-electron chi connectivity index (χ4n) is 4.74. The van der Waals surface area contributed by atoms with Crippen molar-refractivity contribution in [1.29, 1.82) is 0 Å². The number of hydrogen-bond acceptors (Lipinski definition) is 5. The Morgan fingerprint density at radius 3 is 2.61 bits per heavy atom. The molecule has 1 N–H and O–H groups in total. The molecule has 5 rings (SSSR count). The van der Waals surface area contributed by atoms with E-state index in [9.17, 15) is 4.79 Å². The Hall–Kier alpha value is -3.91. The van der Waals surface area contributed by atoms with Crippen molar-refractivity contribution in [3.63, 3.8) is 0 Å². The predicted octanol–water partition coefficient (Wildman–Crippen LogP) is 4.85. The molecule has 0 bridgehead atoms. The van der Waals surface area contributed by atoms with E-state index in [0.717, 1.165) is 58.8 Å². The number of hydrogen-bond donors (Lipinski definition) is 1. The number of benzene rings is 2. The normalized spacial score (nSPS) is 16.2. The highest BCUT2D eigenvalue weighted by Crippen LogP contribution is 2.30. The highest BCUT2D eigenvalue weighted by molar-refractivity contribution is 5.96. The third-order valence-corrected chi connectivity index (χ3v) is 7.44. The molecule has 1 aliphatic heterocycles. The summed E-state index contributed by atoms with van der Waals surface area (Å²) in [7, 11) is 4.02. The van der Waals surface area contributed by atoms with Crippen molar-refractivity contribution in [2.45, 2.75) is 45.8 Å². The third-order valence-electron chi connectivity index (χ3n) is 7.44. The van der Waals surface area contributed by atoms with Crippen LogP contribution in [-0.2, 0) is 13.6 Å². The second kappa shape index (κ2) is 10.8. The summed E-state index contributed by atoms with van der Waals surface area (Å²) in [5.41, 5.74) is 6.49. The van der Waals surface area contributed by atoms with Crippen molar-refractivity contribution in [3.05, 3.63) is 77.7 Å². The maximum absolute atomic E-state index is 13.4. The van der Waals surface area contributed by atoms with Gasteiger partial charge in [-0.2, -0.15) is 10.2 Å². The number of aromatic nitrogens is 4. The summed E-state index contributed by atoms with van der Waals surface area (Å²) in [4.78, 5) is 15.7. The summed E-state index contributed by atoms with van der Waals surface area (Å²) in [6, 6.07) is 14.3. The Bertz CT molecular complexity index is 1440. The molecule has 198 valence electrons. The first kappa shape index (κ1) is 25.7. The van der Waals surface area contributed by atoms with E-state index < -0.39 is 0 Å². The smallest absolute Gasteiger partial charge is 0.252 e. The van der Waals surface area contributed by atoms with Crippen molar-refractivity contribution >= 4 is 5.91 Å². The predicted molar refractivity (Wildman–Crippen MR) is 149 cm³/mol. The second-order valence-corrected chi connectivity index (χ2v) is 10.2. The van der Waals surface area contributed by atoms with Crippen molar-refractivity contribution in [2.75, 3.05) is 20.2 Å². The van der Waals surface area contributed by atoms with Gasteiger partial charge in [0.25, 0.3) is 5.91 Å². The van der Waals surface area contributed by atoms with Crippen LogP contribution in [0.5, 0.6) is 5.75 Å². The van der Waals surface area contributed by atoms with Gasteiger partial charge in [-0.15, -0.1) is 0 Å². The fourth-order valence-corrected chi connectivity index (χ4v) is 4.74. The number of ether oxygens (including phenoxy) is 1. The lowest BCUT2D eigenvalue weighted by Crippen LogP contribution is -2.48. The van der Waals surface area contributed by atoms with E-state index in [0.29, 0.717) is 18.2 Å². The number of nitrogens with one attached hydrogen (secondary N) is 1. The van der Waals surface area contributed by atoms with Crippen LogP contribution >= 0.6 is 0 Å². The van der Waals surface area contributed by atoms with Crippen LogP contribution < -0.4 is 10.1 Å². The van der Waals surface area contributed by atoms with Gasteiger partial charge in [0.1, 0.15) is 12.4 Å². The molecule has 38 heavy (non-hydrogen) atoms. The molecule has 1 amide bonds. The molecule has 0 saturated carbocycles. The van der Waals surface area contributed by atoms with Gasteiger partial charge in [0.2, 0.25) is 0 Å². The van der Waals surface area contributed by atoms with E-state index in [1.54, 1.807) is 4.68 Å². The van der Waals surface area contributed by atoms with Crippen LogP contribution in [0.3, 0.4) is 0 Å². The molecule has 8 heteroatoms. The zero-order valence-electron chi connectivity index (χ0n) is 22.8. The Labute approximate surface area is 224 Å². The molecule has 0 radical (unpaired) electrons. The Morgan fingerprint density at radius 2 is 1.95 bits per heavy atom. The van der Waals surface area contributed by atoms with E-state index in [-0.39, 0.29) is 11.9 Å². The average Bonchev–Trinajstić information content (AvgIpc) is 3.57. The molecule has 1 fully saturated rings. The largest absolute Gasteiger partial charge is 0.492 e. The van der Waals surface area contributed by atoms with E-state index in [4.69, 9.17) is 9.84 Å². The van der Waals surface area contributed by atoms with Gasteiger partial charge in [0.15, 0.2) is 0 Å². The van der Waals surface area contributed by atoms with Crippen molar-refractivity contribution in [1.82, 2.24) is 29.8 Å². The first-order chi connectivity index (χ1) is 18.3. The molecule has 2 aromatic heterocycles. The van der Waals surface area contributed by atoms with E-state index in [1.807, 2.05) is 68.4 Å². The Morgan fingerprint density at radius 1 is 1.13 bits per heavy atom. The summed E-state index contributed by atoms with van der Waals surface area (Å²) in [6.07, 6.45) is 6.98. The fraction of sp³-hybridized carbons (Fsp3) is 0.367. The molecule has 0 unspecified atom stereocenters. The van der Waals surface area contributed by atoms with E-state index >= 15 is 0 Å². The zero-order valence-corrected chi connectivity index (χ0v) is 22.8. The first-order valence-corrected chi connectivity index (χ1v) is 13.2.